The highest BCUT2D eigenvalue weighted by Gasteiger charge is 2.23. The molecule has 0 unspecified atom stereocenters. The Morgan fingerprint density at radius 3 is 2.79 bits per heavy atom. The van der Waals surface area contributed by atoms with E-state index in [4.69, 9.17) is 4.74 Å². The fourth-order valence-corrected chi connectivity index (χ4v) is 3.96. The topological polar surface area (TPSA) is 32.8 Å². The first kappa shape index (κ1) is 21.3. The van der Waals surface area contributed by atoms with Gasteiger partial charge in [-0.3, -0.25) is 4.79 Å². The van der Waals surface area contributed by atoms with E-state index in [9.17, 15) is 9.18 Å². The zero-order valence-corrected chi connectivity index (χ0v) is 17.2. The molecule has 1 fully saturated rings. The highest BCUT2D eigenvalue weighted by Crippen LogP contribution is 2.19. The summed E-state index contributed by atoms with van der Waals surface area (Å²) in [5.74, 6) is 1.05. The summed E-state index contributed by atoms with van der Waals surface area (Å²) in [6, 6.07) is 16.3. The third-order valence-corrected chi connectivity index (χ3v) is 5.53. The summed E-state index contributed by atoms with van der Waals surface area (Å²) >= 11 is 0. The van der Waals surface area contributed by atoms with Crippen molar-refractivity contribution in [1.82, 2.24) is 9.80 Å². The van der Waals surface area contributed by atoms with Crippen molar-refractivity contribution in [2.75, 3.05) is 39.3 Å². The van der Waals surface area contributed by atoms with Gasteiger partial charge in [-0.15, -0.1) is 0 Å². The molecular weight excluding hydrogens is 367 g/mol. The van der Waals surface area contributed by atoms with E-state index in [0.717, 1.165) is 56.8 Å². The van der Waals surface area contributed by atoms with Crippen molar-refractivity contribution >= 4 is 5.91 Å². The number of likely N-dealkylation sites (N-methyl/N-ethyl adjacent to an activating group) is 1. The van der Waals surface area contributed by atoms with Crippen molar-refractivity contribution in [2.24, 2.45) is 5.92 Å². The van der Waals surface area contributed by atoms with Crippen LogP contribution in [0.2, 0.25) is 0 Å². The van der Waals surface area contributed by atoms with Crippen LogP contribution in [-0.2, 0) is 11.2 Å². The van der Waals surface area contributed by atoms with Crippen LogP contribution in [0.15, 0.2) is 54.6 Å². The van der Waals surface area contributed by atoms with Crippen molar-refractivity contribution in [3.8, 4) is 5.75 Å². The molecule has 1 aliphatic heterocycles. The van der Waals surface area contributed by atoms with Gasteiger partial charge in [-0.1, -0.05) is 30.3 Å². The van der Waals surface area contributed by atoms with Crippen LogP contribution in [0.4, 0.5) is 4.39 Å². The molecule has 1 aliphatic rings. The van der Waals surface area contributed by atoms with Crippen LogP contribution in [0.5, 0.6) is 5.75 Å². The summed E-state index contributed by atoms with van der Waals surface area (Å²) < 4.78 is 19.0. The first-order valence-corrected chi connectivity index (χ1v) is 10.6. The van der Waals surface area contributed by atoms with Gasteiger partial charge in [-0.2, -0.15) is 0 Å². The van der Waals surface area contributed by atoms with Gasteiger partial charge >= 0.3 is 0 Å². The minimum atomic E-state index is -0.172. The van der Waals surface area contributed by atoms with E-state index in [1.807, 2.05) is 48.2 Å². The molecule has 29 heavy (non-hydrogen) atoms. The molecule has 1 amide bonds. The number of carbonyl (C=O) groups is 1. The standard InChI is InChI=1S/C24H31FN2O2/c1-2-27(24(28)19-29-23-11-4-3-5-12-23)18-21-9-7-14-26(17-21)15-13-20-8-6-10-22(25)16-20/h3-6,8,10-12,16,21H,2,7,9,13-15,17-19H2,1H3/t21-/m1/s1. The summed E-state index contributed by atoms with van der Waals surface area (Å²) in [6.07, 6.45) is 3.13. The number of nitrogens with zero attached hydrogens (tertiary/aromatic N) is 2. The van der Waals surface area contributed by atoms with Crippen molar-refractivity contribution < 1.29 is 13.9 Å². The fraction of sp³-hybridized carbons (Fsp3) is 0.458. The number of amides is 1. The lowest BCUT2D eigenvalue weighted by molar-refractivity contribution is -0.134. The number of rotatable bonds is 9. The van der Waals surface area contributed by atoms with Crippen molar-refractivity contribution in [3.05, 3.63) is 66.0 Å². The molecule has 0 spiro atoms. The second-order valence-corrected chi connectivity index (χ2v) is 7.72. The van der Waals surface area contributed by atoms with Gasteiger partial charge < -0.3 is 14.5 Å². The Hall–Kier alpha value is -2.40. The van der Waals surface area contributed by atoms with E-state index in [1.54, 1.807) is 12.1 Å². The molecule has 0 radical (unpaired) electrons. The van der Waals surface area contributed by atoms with Crippen LogP contribution in [0.1, 0.15) is 25.3 Å². The van der Waals surface area contributed by atoms with Gasteiger partial charge in [-0.05, 0) is 68.5 Å². The zero-order chi connectivity index (χ0) is 20.5. The molecule has 0 N–H and O–H groups in total. The molecule has 1 atom stereocenters. The van der Waals surface area contributed by atoms with Gasteiger partial charge in [0, 0.05) is 26.2 Å². The predicted molar refractivity (Wildman–Crippen MR) is 113 cm³/mol. The molecule has 4 nitrogen and oxygen atoms in total. The third kappa shape index (κ3) is 6.86. The van der Waals surface area contributed by atoms with Crippen molar-refractivity contribution in [3.63, 3.8) is 0 Å². The fourth-order valence-electron chi connectivity index (χ4n) is 3.96. The normalized spacial score (nSPS) is 17.1. The number of para-hydroxylation sites is 1. The SMILES string of the molecule is CCN(C[C@@H]1CCCN(CCc2cccc(F)c2)C1)C(=O)COc1ccccc1. The number of likely N-dealkylation sites (tertiary alicyclic amines) is 1. The second-order valence-electron chi connectivity index (χ2n) is 7.72. The quantitative estimate of drug-likeness (QED) is 0.640. The summed E-state index contributed by atoms with van der Waals surface area (Å²) in [7, 11) is 0. The van der Waals surface area contributed by atoms with E-state index in [-0.39, 0.29) is 18.3 Å². The zero-order valence-electron chi connectivity index (χ0n) is 17.2. The second kappa shape index (κ2) is 11.0. The lowest BCUT2D eigenvalue weighted by atomic mass is 9.97. The molecule has 2 aromatic carbocycles. The van der Waals surface area contributed by atoms with Crippen LogP contribution in [-0.4, -0.2) is 55.0 Å². The molecule has 0 aliphatic carbocycles. The monoisotopic (exact) mass is 398 g/mol. The van der Waals surface area contributed by atoms with E-state index >= 15 is 0 Å². The molecule has 156 valence electrons. The average Bonchev–Trinajstić information content (AvgIpc) is 2.75. The van der Waals surface area contributed by atoms with Crippen LogP contribution in [0, 0.1) is 11.7 Å². The minimum Gasteiger partial charge on any atom is -0.484 e. The lowest BCUT2D eigenvalue weighted by Crippen LogP contribution is -2.44. The average molecular weight is 399 g/mol. The highest BCUT2D eigenvalue weighted by molar-refractivity contribution is 5.77. The van der Waals surface area contributed by atoms with E-state index in [1.165, 1.54) is 6.07 Å². The van der Waals surface area contributed by atoms with Crippen LogP contribution in [0.25, 0.3) is 0 Å². The number of carbonyl (C=O) groups excluding carboxylic acids is 1. The highest BCUT2D eigenvalue weighted by atomic mass is 19.1. The molecule has 3 rings (SSSR count). The van der Waals surface area contributed by atoms with Gasteiger partial charge in [0.25, 0.3) is 5.91 Å². The van der Waals surface area contributed by atoms with Crippen molar-refractivity contribution in [1.29, 1.82) is 0 Å². The first-order valence-electron chi connectivity index (χ1n) is 10.6. The van der Waals surface area contributed by atoms with Gasteiger partial charge in [-0.25, -0.2) is 4.39 Å². The smallest absolute Gasteiger partial charge is 0.260 e. The Balaban J connectivity index is 1.45. The number of piperidine rings is 1. The summed E-state index contributed by atoms with van der Waals surface area (Å²) in [5.41, 5.74) is 1.04. The Labute approximate surface area is 173 Å². The Bertz CT molecular complexity index is 768. The molecular formula is C24H31FN2O2. The summed E-state index contributed by atoms with van der Waals surface area (Å²) in [6.45, 7) is 6.54. The van der Waals surface area contributed by atoms with E-state index in [2.05, 4.69) is 4.90 Å². The maximum absolute atomic E-state index is 13.4. The molecule has 0 bridgehead atoms. The maximum Gasteiger partial charge on any atom is 0.260 e. The summed E-state index contributed by atoms with van der Waals surface area (Å²) in [5, 5.41) is 0. The van der Waals surface area contributed by atoms with E-state index < -0.39 is 0 Å². The Kier molecular flexibility index (Phi) is 8.05. The summed E-state index contributed by atoms with van der Waals surface area (Å²) in [4.78, 5) is 16.9. The van der Waals surface area contributed by atoms with Crippen LogP contribution >= 0.6 is 0 Å². The number of benzene rings is 2. The molecule has 2 aromatic rings. The molecule has 1 saturated heterocycles. The predicted octanol–water partition coefficient (Wildman–Crippen LogP) is 4.01. The van der Waals surface area contributed by atoms with Gasteiger partial charge in [0.05, 0.1) is 0 Å². The Morgan fingerprint density at radius 1 is 1.21 bits per heavy atom. The molecule has 0 aromatic heterocycles. The minimum absolute atomic E-state index is 0.0354. The third-order valence-electron chi connectivity index (χ3n) is 5.53. The molecule has 0 saturated carbocycles. The van der Waals surface area contributed by atoms with Crippen LogP contribution in [0.3, 0.4) is 0 Å². The number of ether oxygens (including phenoxy) is 1. The van der Waals surface area contributed by atoms with E-state index in [0.29, 0.717) is 12.5 Å². The maximum atomic E-state index is 13.4. The number of hydrogen-bond acceptors (Lipinski definition) is 3. The first-order chi connectivity index (χ1) is 14.1. The Morgan fingerprint density at radius 2 is 2.03 bits per heavy atom. The van der Waals surface area contributed by atoms with Gasteiger partial charge in [0.2, 0.25) is 0 Å². The largest absolute Gasteiger partial charge is 0.484 e. The van der Waals surface area contributed by atoms with Crippen LogP contribution < -0.4 is 4.74 Å². The number of hydrogen-bond donors (Lipinski definition) is 0. The van der Waals surface area contributed by atoms with Gasteiger partial charge in [0.1, 0.15) is 11.6 Å². The lowest BCUT2D eigenvalue weighted by Gasteiger charge is -2.35. The van der Waals surface area contributed by atoms with Gasteiger partial charge in [0.15, 0.2) is 6.61 Å². The van der Waals surface area contributed by atoms with Crippen molar-refractivity contribution in [2.45, 2.75) is 26.2 Å². The number of halogens is 1. The molecule has 5 heteroatoms. The molecule has 1 heterocycles.